The van der Waals surface area contributed by atoms with Gasteiger partial charge in [-0.3, -0.25) is 4.98 Å². The molecule has 0 spiro atoms. The first-order valence-electron chi connectivity index (χ1n) is 6.20. The van der Waals surface area contributed by atoms with Crippen LogP contribution < -0.4 is 0 Å². The second-order valence-electron chi connectivity index (χ2n) is 4.49. The molecule has 0 bridgehead atoms. The number of hydrogen-bond donors (Lipinski definition) is 1. The number of aromatic amines is 1. The van der Waals surface area contributed by atoms with Crippen LogP contribution in [-0.2, 0) is 0 Å². The Hall–Kier alpha value is -2.68. The minimum atomic E-state index is 0.899. The highest BCUT2D eigenvalue weighted by atomic mass is 14.8. The maximum absolute atomic E-state index is 4.69. The van der Waals surface area contributed by atoms with E-state index < -0.39 is 0 Å². The van der Waals surface area contributed by atoms with Crippen molar-refractivity contribution in [2.24, 2.45) is 0 Å². The van der Waals surface area contributed by atoms with Crippen LogP contribution in [0.1, 0.15) is 0 Å². The molecule has 2 aromatic carbocycles. The molecule has 0 unspecified atom stereocenters. The van der Waals surface area contributed by atoms with E-state index in [0.717, 1.165) is 27.8 Å². The van der Waals surface area contributed by atoms with E-state index in [-0.39, 0.29) is 0 Å². The highest BCUT2D eigenvalue weighted by molar-refractivity contribution is 5.95. The standard InChI is InChI=1S/C16H11N3/c1-2-6-13-11(5-1)12(9-17-13)16-10-18-14-7-3-4-8-15(14)19-16/h1-10,17H. The number of hydrogen-bond acceptors (Lipinski definition) is 2. The number of nitrogens with zero attached hydrogens (tertiary/aromatic N) is 2. The topological polar surface area (TPSA) is 41.6 Å². The van der Waals surface area contributed by atoms with E-state index in [0.29, 0.717) is 0 Å². The number of H-pyrrole nitrogens is 1. The fraction of sp³-hybridized carbons (Fsp3) is 0. The molecule has 3 nitrogen and oxygen atoms in total. The van der Waals surface area contributed by atoms with Gasteiger partial charge < -0.3 is 4.98 Å². The molecule has 0 saturated carbocycles. The van der Waals surface area contributed by atoms with Gasteiger partial charge in [0.15, 0.2) is 0 Å². The van der Waals surface area contributed by atoms with Crippen LogP contribution in [0.5, 0.6) is 0 Å². The van der Waals surface area contributed by atoms with Gasteiger partial charge in [0.25, 0.3) is 0 Å². The van der Waals surface area contributed by atoms with Crippen molar-refractivity contribution >= 4 is 21.9 Å². The average molecular weight is 245 g/mol. The lowest BCUT2D eigenvalue weighted by molar-refractivity contribution is 1.30. The van der Waals surface area contributed by atoms with Crippen molar-refractivity contribution in [3.8, 4) is 11.3 Å². The molecule has 0 radical (unpaired) electrons. The van der Waals surface area contributed by atoms with Crippen LogP contribution in [0.15, 0.2) is 60.9 Å². The molecule has 0 aliphatic carbocycles. The minimum Gasteiger partial charge on any atom is -0.360 e. The van der Waals surface area contributed by atoms with Gasteiger partial charge in [-0.15, -0.1) is 0 Å². The van der Waals surface area contributed by atoms with E-state index in [2.05, 4.69) is 27.1 Å². The first-order chi connectivity index (χ1) is 9.42. The highest BCUT2D eigenvalue weighted by Crippen LogP contribution is 2.27. The minimum absolute atomic E-state index is 0.899. The van der Waals surface area contributed by atoms with Crippen LogP contribution in [0.2, 0.25) is 0 Å². The molecule has 0 fully saturated rings. The van der Waals surface area contributed by atoms with Crippen molar-refractivity contribution in [1.29, 1.82) is 0 Å². The number of nitrogens with one attached hydrogen (secondary N) is 1. The summed E-state index contributed by atoms with van der Waals surface area (Å²) in [5, 5.41) is 1.17. The van der Waals surface area contributed by atoms with E-state index in [1.807, 2.05) is 48.8 Å². The van der Waals surface area contributed by atoms with Crippen LogP contribution >= 0.6 is 0 Å². The first kappa shape index (κ1) is 10.3. The summed E-state index contributed by atoms with van der Waals surface area (Å²) in [5.41, 5.74) is 4.95. The molecule has 1 N–H and O–H groups in total. The number of fused-ring (bicyclic) bond motifs is 2. The molecule has 4 aromatic rings. The predicted molar refractivity (Wildman–Crippen MR) is 76.8 cm³/mol. The Balaban J connectivity index is 1.99. The maximum Gasteiger partial charge on any atom is 0.0914 e. The van der Waals surface area contributed by atoms with Crippen molar-refractivity contribution in [1.82, 2.24) is 15.0 Å². The number of para-hydroxylation sites is 3. The van der Waals surface area contributed by atoms with Gasteiger partial charge in [0, 0.05) is 22.7 Å². The third-order valence-corrected chi connectivity index (χ3v) is 3.31. The Morgan fingerprint density at radius 3 is 2.58 bits per heavy atom. The second-order valence-corrected chi connectivity index (χ2v) is 4.49. The van der Waals surface area contributed by atoms with Crippen molar-refractivity contribution in [2.75, 3.05) is 0 Å². The summed E-state index contributed by atoms with van der Waals surface area (Å²) in [6.45, 7) is 0. The van der Waals surface area contributed by atoms with Gasteiger partial charge in [-0.05, 0) is 18.2 Å². The quantitative estimate of drug-likeness (QED) is 0.554. The SMILES string of the molecule is c1ccc2nc(-c3c[nH]c4ccccc34)cnc2c1. The Bertz CT molecular complexity index is 877. The molecule has 2 heterocycles. The van der Waals surface area contributed by atoms with Crippen LogP contribution in [0.4, 0.5) is 0 Å². The van der Waals surface area contributed by atoms with Gasteiger partial charge in [0.1, 0.15) is 0 Å². The van der Waals surface area contributed by atoms with Gasteiger partial charge in [0.2, 0.25) is 0 Å². The van der Waals surface area contributed by atoms with Gasteiger partial charge in [-0.1, -0.05) is 30.3 Å². The van der Waals surface area contributed by atoms with E-state index in [9.17, 15) is 0 Å². The number of rotatable bonds is 1. The van der Waals surface area contributed by atoms with Crippen LogP contribution in [-0.4, -0.2) is 15.0 Å². The zero-order valence-electron chi connectivity index (χ0n) is 10.2. The van der Waals surface area contributed by atoms with Crippen LogP contribution in [0.3, 0.4) is 0 Å². The summed E-state index contributed by atoms with van der Waals surface area (Å²) in [5.74, 6) is 0. The van der Waals surface area contributed by atoms with Crippen molar-refractivity contribution in [3.05, 3.63) is 60.9 Å². The molecule has 2 aromatic heterocycles. The first-order valence-corrected chi connectivity index (χ1v) is 6.20. The third-order valence-electron chi connectivity index (χ3n) is 3.31. The summed E-state index contributed by atoms with van der Waals surface area (Å²) >= 11 is 0. The molecule has 19 heavy (non-hydrogen) atoms. The smallest absolute Gasteiger partial charge is 0.0914 e. The Labute approximate surface area is 110 Å². The van der Waals surface area contributed by atoms with Gasteiger partial charge in [-0.2, -0.15) is 0 Å². The summed E-state index contributed by atoms with van der Waals surface area (Å²) < 4.78 is 0. The van der Waals surface area contributed by atoms with Gasteiger partial charge >= 0.3 is 0 Å². The van der Waals surface area contributed by atoms with Crippen molar-refractivity contribution in [3.63, 3.8) is 0 Å². The highest BCUT2D eigenvalue weighted by Gasteiger charge is 2.07. The summed E-state index contributed by atoms with van der Waals surface area (Å²) in [7, 11) is 0. The normalized spacial score (nSPS) is 11.2. The van der Waals surface area contributed by atoms with Crippen LogP contribution in [0.25, 0.3) is 33.2 Å². The van der Waals surface area contributed by atoms with E-state index in [4.69, 9.17) is 0 Å². The molecule has 0 aliphatic heterocycles. The fourth-order valence-electron chi connectivity index (χ4n) is 2.37. The lowest BCUT2D eigenvalue weighted by Gasteiger charge is -2.01. The molecule has 4 rings (SSSR count). The largest absolute Gasteiger partial charge is 0.360 e. The number of aromatic nitrogens is 3. The second kappa shape index (κ2) is 3.92. The monoisotopic (exact) mass is 245 g/mol. The molecular weight excluding hydrogens is 234 g/mol. The van der Waals surface area contributed by atoms with Crippen molar-refractivity contribution < 1.29 is 0 Å². The van der Waals surface area contributed by atoms with E-state index in [1.54, 1.807) is 0 Å². The molecule has 0 atom stereocenters. The Morgan fingerprint density at radius 1 is 0.842 bits per heavy atom. The Morgan fingerprint density at radius 2 is 1.63 bits per heavy atom. The molecule has 90 valence electrons. The summed E-state index contributed by atoms with van der Waals surface area (Å²) in [6.07, 6.45) is 3.82. The maximum atomic E-state index is 4.69. The molecule has 3 heteroatoms. The predicted octanol–water partition coefficient (Wildman–Crippen LogP) is 3.78. The van der Waals surface area contributed by atoms with Crippen LogP contribution in [0, 0.1) is 0 Å². The van der Waals surface area contributed by atoms with E-state index >= 15 is 0 Å². The molecular formula is C16H11N3. The molecule has 0 amide bonds. The lowest BCUT2D eigenvalue weighted by Crippen LogP contribution is -1.87. The third kappa shape index (κ3) is 1.59. The Kier molecular flexibility index (Phi) is 2.12. The molecule has 0 aliphatic rings. The van der Waals surface area contributed by atoms with Gasteiger partial charge in [-0.25, -0.2) is 4.98 Å². The van der Waals surface area contributed by atoms with Gasteiger partial charge in [0.05, 0.1) is 22.9 Å². The summed E-state index contributed by atoms with van der Waals surface area (Å²) in [4.78, 5) is 12.4. The fourth-order valence-corrected chi connectivity index (χ4v) is 2.37. The lowest BCUT2D eigenvalue weighted by atomic mass is 10.1. The summed E-state index contributed by atoms with van der Waals surface area (Å²) in [6, 6.07) is 16.1. The van der Waals surface area contributed by atoms with Crippen molar-refractivity contribution in [2.45, 2.75) is 0 Å². The average Bonchev–Trinajstić information content (AvgIpc) is 2.91. The zero-order valence-corrected chi connectivity index (χ0v) is 10.2. The van der Waals surface area contributed by atoms with E-state index in [1.165, 1.54) is 5.39 Å². The number of benzene rings is 2. The molecule has 0 saturated heterocycles. The zero-order chi connectivity index (χ0) is 12.7.